The zero-order valence-corrected chi connectivity index (χ0v) is 13.9. The predicted octanol–water partition coefficient (Wildman–Crippen LogP) is 2.93. The standard InChI is InChI=1S/C19H30O3/c1-18-8-4-3-5-11(18)9-13(20)16-12-6-7-15(22)19(12,2)10-14(21)17(16)18/h11-14,16-17,20-21H,3-10H2,1-2H3/t11-,12+,13+,14-,16-,17+,18+,19+/m1/s1. The number of rotatable bonds is 0. The number of Topliss-reactive ketones (excluding diaryl/α,β-unsaturated/α-hetero) is 1. The van der Waals surface area contributed by atoms with Crippen molar-refractivity contribution in [3.63, 3.8) is 0 Å². The Morgan fingerprint density at radius 1 is 1.09 bits per heavy atom. The number of hydrogen-bond donors (Lipinski definition) is 2. The monoisotopic (exact) mass is 306 g/mol. The topological polar surface area (TPSA) is 57.5 Å². The molecule has 4 aliphatic carbocycles. The van der Waals surface area contributed by atoms with E-state index in [2.05, 4.69) is 13.8 Å². The zero-order chi connectivity index (χ0) is 15.7. The largest absolute Gasteiger partial charge is 0.393 e. The molecule has 3 heteroatoms. The molecule has 4 fully saturated rings. The second-order valence-corrected chi connectivity index (χ2v) is 9.11. The second kappa shape index (κ2) is 4.80. The molecular formula is C19H30O3. The maximum Gasteiger partial charge on any atom is 0.139 e. The fraction of sp³-hybridized carbons (Fsp3) is 0.947. The molecule has 0 aromatic heterocycles. The molecule has 0 unspecified atom stereocenters. The van der Waals surface area contributed by atoms with Crippen LogP contribution in [0.5, 0.6) is 0 Å². The Kier molecular flexibility index (Phi) is 3.30. The van der Waals surface area contributed by atoms with Gasteiger partial charge in [0.1, 0.15) is 5.78 Å². The first kappa shape index (κ1) is 15.1. The highest BCUT2D eigenvalue weighted by molar-refractivity contribution is 5.87. The van der Waals surface area contributed by atoms with E-state index in [0.29, 0.717) is 24.5 Å². The van der Waals surface area contributed by atoms with Crippen LogP contribution in [0.15, 0.2) is 0 Å². The number of carbonyl (C=O) groups excluding carboxylic acids is 1. The molecule has 0 saturated heterocycles. The molecular weight excluding hydrogens is 276 g/mol. The first-order valence-corrected chi connectivity index (χ1v) is 9.27. The number of carbonyl (C=O) groups is 1. The third kappa shape index (κ3) is 1.78. The van der Waals surface area contributed by atoms with Crippen LogP contribution >= 0.6 is 0 Å². The Morgan fingerprint density at radius 2 is 1.86 bits per heavy atom. The lowest BCUT2D eigenvalue weighted by Gasteiger charge is -2.62. The van der Waals surface area contributed by atoms with Gasteiger partial charge in [0.2, 0.25) is 0 Å². The van der Waals surface area contributed by atoms with E-state index < -0.39 is 6.10 Å². The Morgan fingerprint density at radius 3 is 2.64 bits per heavy atom. The van der Waals surface area contributed by atoms with Gasteiger partial charge in [-0.2, -0.15) is 0 Å². The highest BCUT2D eigenvalue weighted by Gasteiger charge is 2.64. The molecule has 4 rings (SSSR count). The molecule has 4 saturated carbocycles. The molecule has 0 aliphatic heterocycles. The summed E-state index contributed by atoms with van der Waals surface area (Å²) in [5.41, 5.74) is -0.228. The van der Waals surface area contributed by atoms with E-state index in [0.717, 1.165) is 12.8 Å². The molecule has 0 aromatic rings. The smallest absolute Gasteiger partial charge is 0.139 e. The minimum atomic E-state index is -0.422. The van der Waals surface area contributed by atoms with Crippen molar-refractivity contribution in [2.75, 3.05) is 0 Å². The van der Waals surface area contributed by atoms with Crippen LogP contribution in [-0.4, -0.2) is 28.2 Å². The lowest BCUT2D eigenvalue weighted by Crippen LogP contribution is -2.62. The van der Waals surface area contributed by atoms with Crippen LogP contribution in [0.1, 0.15) is 65.2 Å². The van der Waals surface area contributed by atoms with Crippen LogP contribution in [0, 0.1) is 34.5 Å². The molecule has 0 amide bonds. The molecule has 4 aliphatic rings. The zero-order valence-electron chi connectivity index (χ0n) is 13.9. The van der Waals surface area contributed by atoms with E-state index in [1.807, 2.05) is 0 Å². The summed E-state index contributed by atoms with van der Waals surface area (Å²) >= 11 is 0. The Hall–Kier alpha value is -0.410. The van der Waals surface area contributed by atoms with Crippen molar-refractivity contribution >= 4 is 5.78 Å². The van der Waals surface area contributed by atoms with Crippen LogP contribution < -0.4 is 0 Å². The average molecular weight is 306 g/mol. The number of aliphatic hydroxyl groups is 2. The summed E-state index contributed by atoms with van der Waals surface area (Å²) in [4.78, 5) is 12.4. The lowest BCUT2D eigenvalue weighted by molar-refractivity contribution is -0.200. The maximum atomic E-state index is 12.4. The second-order valence-electron chi connectivity index (χ2n) is 9.11. The van der Waals surface area contributed by atoms with Gasteiger partial charge >= 0.3 is 0 Å². The van der Waals surface area contributed by atoms with Gasteiger partial charge in [0.15, 0.2) is 0 Å². The summed E-state index contributed by atoms with van der Waals surface area (Å²) in [5, 5.41) is 21.9. The fourth-order valence-corrected chi connectivity index (χ4v) is 7.14. The van der Waals surface area contributed by atoms with Crippen molar-refractivity contribution in [1.82, 2.24) is 0 Å². The fourth-order valence-electron chi connectivity index (χ4n) is 7.14. The third-order valence-corrected chi connectivity index (χ3v) is 8.25. The number of hydrogen-bond acceptors (Lipinski definition) is 3. The van der Waals surface area contributed by atoms with E-state index in [1.54, 1.807) is 0 Å². The summed E-state index contributed by atoms with van der Waals surface area (Å²) in [6, 6.07) is 0. The summed E-state index contributed by atoms with van der Waals surface area (Å²) in [7, 11) is 0. The van der Waals surface area contributed by atoms with Gasteiger partial charge in [0, 0.05) is 11.8 Å². The Bertz CT molecular complexity index is 489. The van der Waals surface area contributed by atoms with Crippen molar-refractivity contribution in [1.29, 1.82) is 0 Å². The van der Waals surface area contributed by atoms with E-state index in [-0.39, 0.29) is 34.7 Å². The van der Waals surface area contributed by atoms with Crippen molar-refractivity contribution in [2.45, 2.75) is 77.4 Å². The van der Waals surface area contributed by atoms with Gasteiger partial charge in [-0.05, 0) is 61.2 Å². The summed E-state index contributed by atoms with van der Waals surface area (Å²) < 4.78 is 0. The van der Waals surface area contributed by atoms with E-state index in [9.17, 15) is 15.0 Å². The van der Waals surface area contributed by atoms with Gasteiger partial charge in [0.25, 0.3) is 0 Å². The highest BCUT2D eigenvalue weighted by atomic mass is 16.3. The first-order valence-electron chi connectivity index (χ1n) is 9.27. The molecule has 0 heterocycles. The maximum absolute atomic E-state index is 12.4. The average Bonchev–Trinajstić information content (AvgIpc) is 2.75. The van der Waals surface area contributed by atoms with Gasteiger partial charge in [-0.3, -0.25) is 4.79 Å². The van der Waals surface area contributed by atoms with Crippen LogP contribution in [0.4, 0.5) is 0 Å². The van der Waals surface area contributed by atoms with Crippen molar-refractivity contribution in [3.05, 3.63) is 0 Å². The summed E-state index contributed by atoms with van der Waals surface area (Å²) in [6.45, 7) is 4.41. The van der Waals surface area contributed by atoms with Gasteiger partial charge in [-0.15, -0.1) is 0 Å². The minimum absolute atomic E-state index is 0.125. The molecule has 0 radical (unpaired) electrons. The number of aliphatic hydroxyl groups excluding tert-OH is 2. The quantitative estimate of drug-likeness (QED) is 0.723. The molecule has 0 aromatic carbocycles. The van der Waals surface area contributed by atoms with Crippen LogP contribution in [0.2, 0.25) is 0 Å². The molecule has 22 heavy (non-hydrogen) atoms. The van der Waals surface area contributed by atoms with Crippen LogP contribution in [0.25, 0.3) is 0 Å². The van der Waals surface area contributed by atoms with Gasteiger partial charge in [0.05, 0.1) is 12.2 Å². The molecule has 0 spiro atoms. The molecule has 124 valence electrons. The van der Waals surface area contributed by atoms with E-state index in [1.165, 1.54) is 25.7 Å². The lowest BCUT2D eigenvalue weighted by atomic mass is 9.44. The number of ketones is 1. The van der Waals surface area contributed by atoms with Crippen LogP contribution in [-0.2, 0) is 4.79 Å². The van der Waals surface area contributed by atoms with Crippen LogP contribution in [0.3, 0.4) is 0 Å². The first-order chi connectivity index (χ1) is 10.4. The Labute approximate surface area is 133 Å². The minimum Gasteiger partial charge on any atom is -0.393 e. The molecule has 0 bridgehead atoms. The summed E-state index contributed by atoms with van der Waals surface area (Å²) in [6.07, 6.45) is 7.20. The molecule has 2 N–H and O–H groups in total. The molecule has 8 atom stereocenters. The van der Waals surface area contributed by atoms with Crippen molar-refractivity contribution in [2.24, 2.45) is 34.5 Å². The highest BCUT2D eigenvalue weighted by Crippen LogP contribution is 2.65. The third-order valence-electron chi connectivity index (χ3n) is 8.25. The van der Waals surface area contributed by atoms with E-state index >= 15 is 0 Å². The summed E-state index contributed by atoms with van der Waals surface area (Å²) in [5.74, 6) is 1.46. The predicted molar refractivity (Wildman–Crippen MR) is 84.1 cm³/mol. The SMILES string of the molecule is C[C@]12CCCC[C@@H]1C[C@H](O)[C@@H]1[C@@H]2[C@H](O)C[C@]2(C)C(=O)CC[C@@H]12. The number of fused-ring (bicyclic) bond motifs is 5. The Balaban J connectivity index is 1.76. The van der Waals surface area contributed by atoms with Gasteiger partial charge in [-0.25, -0.2) is 0 Å². The van der Waals surface area contributed by atoms with E-state index in [4.69, 9.17) is 0 Å². The van der Waals surface area contributed by atoms with Crippen molar-refractivity contribution in [3.8, 4) is 0 Å². The normalized spacial score (nSPS) is 57.9. The van der Waals surface area contributed by atoms with Gasteiger partial charge in [-0.1, -0.05) is 26.7 Å². The van der Waals surface area contributed by atoms with Crippen molar-refractivity contribution < 1.29 is 15.0 Å². The molecule has 3 nitrogen and oxygen atoms in total. The van der Waals surface area contributed by atoms with Gasteiger partial charge < -0.3 is 10.2 Å².